The maximum atomic E-state index is 11.8. The lowest BCUT2D eigenvalue weighted by molar-refractivity contribution is -0.138. The maximum absolute atomic E-state index is 11.8. The molecule has 0 radical (unpaired) electrons. The van der Waals surface area contributed by atoms with Crippen molar-refractivity contribution in [2.45, 2.75) is 0 Å². The number of hydrogen-bond donors (Lipinski definition) is 1. The number of amides is 1. The second-order valence-electron chi connectivity index (χ2n) is 4.59. The molecule has 122 valence electrons. The van der Waals surface area contributed by atoms with E-state index in [9.17, 15) is 14.4 Å². The molecule has 0 atom stereocenters. The highest BCUT2D eigenvalue weighted by Gasteiger charge is 2.26. The first kappa shape index (κ1) is 16.3. The third-order valence-electron chi connectivity index (χ3n) is 3.20. The van der Waals surface area contributed by atoms with Crippen molar-refractivity contribution in [2.24, 2.45) is 0 Å². The van der Waals surface area contributed by atoms with Crippen molar-refractivity contribution >= 4 is 29.2 Å². The monoisotopic (exact) mass is 320 g/mol. The van der Waals surface area contributed by atoms with E-state index in [1.54, 1.807) is 25.2 Å². The van der Waals surface area contributed by atoms with Crippen molar-refractivity contribution in [2.75, 3.05) is 38.1 Å². The van der Waals surface area contributed by atoms with Crippen molar-refractivity contribution in [3.05, 3.63) is 30.0 Å². The Labute approximate surface area is 132 Å². The summed E-state index contributed by atoms with van der Waals surface area (Å²) in [5.74, 6) is -1.22. The summed E-state index contributed by atoms with van der Waals surface area (Å²) in [6.07, 6.45) is 0.969. The molecule has 0 fully saturated rings. The SMILES string of the molecule is COC(=O)/C=C(/Nc1cccc2c1N(C)C(=O)CO2)C(=O)OC. The van der Waals surface area contributed by atoms with Gasteiger partial charge in [-0.3, -0.25) is 4.79 Å². The number of nitrogens with one attached hydrogen (secondary N) is 1. The molecule has 1 aromatic carbocycles. The molecule has 8 nitrogen and oxygen atoms in total. The first-order valence-electron chi connectivity index (χ1n) is 6.65. The molecule has 1 N–H and O–H groups in total. The molecule has 0 aromatic heterocycles. The first-order chi connectivity index (χ1) is 11.0. The van der Waals surface area contributed by atoms with Crippen LogP contribution in [0.4, 0.5) is 11.4 Å². The number of fused-ring (bicyclic) bond motifs is 1. The topological polar surface area (TPSA) is 94.2 Å². The van der Waals surface area contributed by atoms with Gasteiger partial charge in [0, 0.05) is 7.05 Å². The second kappa shape index (κ2) is 6.82. The number of likely N-dealkylation sites (N-methyl/N-ethyl adjacent to an activating group) is 1. The van der Waals surface area contributed by atoms with Crippen LogP contribution in [-0.4, -0.2) is 45.7 Å². The van der Waals surface area contributed by atoms with Crippen molar-refractivity contribution < 1.29 is 28.6 Å². The molecule has 0 saturated carbocycles. The summed E-state index contributed by atoms with van der Waals surface area (Å²) >= 11 is 0. The zero-order valence-corrected chi connectivity index (χ0v) is 12.9. The summed E-state index contributed by atoms with van der Waals surface area (Å²) in [4.78, 5) is 36.4. The zero-order chi connectivity index (χ0) is 17.0. The van der Waals surface area contributed by atoms with E-state index in [4.69, 9.17) is 4.74 Å². The van der Waals surface area contributed by atoms with Gasteiger partial charge in [0.25, 0.3) is 5.91 Å². The van der Waals surface area contributed by atoms with Gasteiger partial charge in [0.1, 0.15) is 17.1 Å². The van der Waals surface area contributed by atoms with Crippen LogP contribution >= 0.6 is 0 Å². The Bertz CT molecular complexity index is 683. The van der Waals surface area contributed by atoms with Crippen LogP contribution in [0.5, 0.6) is 5.75 Å². The summed E-state index contributed by atoms with van der Waals surface area (Å²) in [6, 6.07) is 5.04. The molecule has 1 heterocycles. The molecule has 0 unspecified atom stereocenters. The van der Waals surface area contributed by atoms with Crippen LogP contribution in [0.25, 0.3) is 0 Å². The van der Waals surface area contributed by atoms with Crippen LogP contribution in [0.3, 0.4) is 0 Å². The van der Waals surface area contributed by atoms with E-state index in [-0.39, 0.29) is 18.2 Å². The number of nitrogens with zero attached hydrogens (tertiary/aromatic N) is 1. The Balaban J connectivity index is 2.42. The smallest absolute Gasteiger partial charge is 0.354 e. The lowest BCUT2D eigenvalue weighted by atomic mass is 10.2. The summed E-state index contributed by atoms with van der Waals surface area (Å²) in [5, 5.41) is 2.79. The van der Waals surface area contributed by atoms with Crippen molar-refractivity contribution in [1.29, 1.82) is 0 Å². The maximum Gasteiger partial charge on any atom is 0.354 e. The summed E-state index contributed by atoms with van der Waals surface area (Å²) in [5.41, 5.74) is 0.751. The van der Waals surface area contributed by atoms with Crippen LogP contribution in [0.15, 0.2) is 30.0 Å². The van der Waals surface area contributed by atoms with E-state index in [1.165, 1.54) is 19.1 Å². The number of methoxy groups -OCH3 is 2. The summed E-state index contributed by atoms with van der Waals surface area (Å²) in [7, 11) is 3.98. The van der Waals surface area contributed by atoms with Gasteiger partial charge in [0.05, 0.1) is 26.0 Å². The van der Waals surface area contributed by atoms with Gasteiger partial charge in [-0.25, -0.2) is 9.59 Å². The van der Waals surface area contributed by atoms with Crippen molar-refractivity contribution in [3.63, 3.8) is 0 Å². The molecule has 23 heavy (non-hydrogen) atoms. The third-order valence-corrected chi connectivity index (χ3v) is 3.20. The number of rotatable bonds is 4. The molecule has 0 aliphatic carbocycles. The van der Waals surface area contributed by atoms with Crippen LogP contribution < -0.4 is 15.0 Å². The minimum atomic E-state index is -0.751. The first-order valence-corrected chi connectivity index (χ1v) is 6.65. The van der Waals surface area contributed by atoms with Crippen LogP contribution in [-0.2, 0) is 23.9 Å². The molecule has 1 aromatic rings. The summed E-state index contributed by atoms with van der Waals surface area (Å²) in [6.45, 7) is -0.0607. The van der Waals surface area contributed by atoms with E-state index >= 15 is 0 Å². The van der Waals surface area contributed by atoms with E-state index in [2.05, 4.69) is 14.8 Å². The predicted molar refractivity (Wildman–Crippen MR) is 81.1 cm³/mol. The van der Waals surface area contributed by atoms with Crippen LogP contribution in [0.2, 0.25) is 0 Å². The van der Waals surface area contributed by atoms with Crippen LogP contribution in [0, 0.1) is 0 Å². The Morgan fingerprint density at radius 3 is 2.70 bits per heavy atom. The zero-order valence-electron chi connectivity index (χ0n) is 12.9. The molecule has 1 amide bonds. The highest BCUT2D eigenvalue weighted by molar-refractivity contribution is 6.04. The number of benzene rings is 1. The fourth-order valence-corrected chi connectivity index (χ4v) is 2.02. The second-order valence-corrected chi connectivity index (χ2v) is 4.59. The molecule has 0 spiro atoms. The molecule has 0 saturated heterocycles. The standard InChI is InChI=1S/C15H16N2O6/c1-17-12(18)8-23-11-6-4-5-9(14(11)17)16-10(15(20)22-3)7-13(19)21-2/h4-7,16H,8H2,1-3H3/b10-7+. The van der Waals surface area contributed by atoms with Gasteiger partial charge in [-0.1, -0.05) is 6.07 Å². The fraction of sp³-hybridized carbons (Fsp3) is 0.267. The van der Waals surface area contributed by atoms with Gasteiger partial charge in [-0.05, 0) is 12.1 Å². The Hall–Kier alpha value is -3.03. The lowest BCUT2D eigenvalue weighted by Crippen LogP contribution is -2.36. The normalized spacial score (nSPS) is 13.8. The number of carbonyl (C=O) groups excluding carboxylic acids is 3. The quantitative estimate of drug-likeness (QED) is 0.644. The minimum absolute atomic E-state index is 0.0607. The highest BCUT2D eigenvalue weighted by atomic mass is 16.5. The number of para-hydroxylation sites is 1. The highest BCUT2D eigenvalue weighted by Crippen LogP contribution is 2.38. The number of esters is 2. The third kappa shape index (κ3) is 3.42. The van der Waals surface area contributed by atoms with E-state index in [0.29, 0.717) is 17.1 Å². The van der Waals surface area contributed by atoms with Crippen molar-refractivity contribution in [1.82, 2.24) is 0 Å². The largest absolute Gasteiger partial charge is 0.481 e. The predicted octanol–water partition coefficient (Wildman–Crippen LogP) is 0.684. The van der Waals surface area contributed by atoms with Gasteiger partial charge in [-0.2, -0.15) is 0 Å². The molecular formula is C15H16N2O6. The van der Waals surface area contributed by atoms with E-state index < -0.39 is 11.9 Å². The molecule has 1 aliphatic rings. The van der Waals surface area contributed by atoms with Gasteiger partial charge in [0.2, 0.25) is 0 Å². The number of anilines is 2. The van der Waals surface area contributed by atoms with Gasteiger partial charge >= 0.3 is 11.9 Å². The van der Waals surface area contributed by atoms with Gasteiger partial charge < -0.3 is 24.4 Å². The van der Waals surface area contributed by atoms with Gasteiger partial charge in [0.15, 0.2) is 6.61 Å². The average Bonchev–Trinajstić information content (AvgIpc) is 2.56. The number of ether oxygens (including phenoxy) is 3. The molecule has 2 rings (SSSR count). The molecule has 8 heteroatoms. The van der Waals surface area contributed by atoms with E-state index in [0.717, 1.165) is 6.08 Å². The number of carbonyl (C=O) groups is 3. The van der Waals surface area contributed by atoms with Gasteiger partial charge in [-0.15, -0.1) is 0 Å². The minimum Gasteiger partial charge on any atom is -0.481 e. The summed E-state index contributed by atoms with van der Waals surface area (Å²) < 4.78 is 14.5. The Morgan fingerprint density at radius 2 is 2.04 bits per heavy atom. The molecule has 1 aliphatic heterocycles. The molecular weight excluding hydrogens is 304 g/mol. The number of hydrogen-bond acceptors (Lipinski definition) is 7. The lowest BCUT2D eigenvalue weighted by Gasteiger charge is -2.28. The fourth-order valence-electron chi connectivity index (χ4n) is 2.02. The average molecular weight is 320 g/mol. The Kier molecular flexibility index (Phi) is 4.85. The van der Waals surface area contributed by atoms with E-state index in [1.807, 2.05) is 0 Å². The van der Waals surface area contributed by atoms with Crippen molar-refractivity contribution in [3.8, 4) is 5.75 Å². The van der Waals surface area contributed by atoms with Crippen LogP contribution in [0.1, 0.15) is 0 Å². The molecule has 0 bridgehead atoms. The Morgan fingerprint density at radius 1 is 1.30 bits per heavy atom.